The van der Waals surface area contributed by atoms with Crippen molar-refractivity contribution in [1.82, 2.24) is 0 Å². The summed E-state index contributed by atoms with van der Waals surface area (Å²) in [5, 5.41) is 0. The van der Waals surface area contributed by atoms with Crippen molar-refractivity contribution in [2.24, 2.45) is 11.1 Å². The molecule has 0 aromatic rings. The second-order valence-corrected chi connectivity index (χ2v) is 3.62. The molecule has 0 aliphatic carbocycles. The summed E-state index contributed by atoms with van der Waals surface area (Å²) in [5.41, 5.74) is 5.46. The molecule has 0 rings (SSSR count). The van der Waals surface area contributed by atoms with Crippen molar-refractivity contribution in [3.05, 3.63) is 0 Å². The summed E-state index contributed by atoms with van der Waals surface area (Å²) in [7, 11) is 3.23. The van der Waals surface area contributed by atoms with Crippen LogP contribution in [-0.4, -0.2) is 26.6 Å². The van der Waals surface area contributed by atoms with E-state index in [1.165, 1.54) is 0 Å². The van der Waals surface area contributed by atoms with Crippen LogP contribution in [0.3, 0.4) is 0 Å². The van der Waals surface area contributed by atoms with Crippen molar-refractivity contribution in [3.8, 4) is 0 Å². The molecule has 0 fully saturated rings. The molecule has 0 saturated heterocycles. The lowest BCUT2D eigenvalue weighted by molar-refractivity contribution is -0.256. The molecular formula is C8H19NO2. The maximum absolute atomic E-state index is 5.56. The summed E-state index contributed by atoms with van der Waals surface area (Å²) in [4.78, 5) is 0. The summed E-state index contributed by atoms with van der Waals surface area (Å²) < 4.78 is 10.5. The van der Waals surface area contributed by atoms with Gasteiger partial charge in [-0.15, -0.1) is 0 Å². The Bertz CT molecular complexity index is 105. The molecular weight excluding hydrogens is 142 g/mol. The van der Waals surface area contributed by atoms with Gasteiger partial charge in [0, 0.05) is 26.2 Å². The SMILES string of the molecule is COC(CN)(OC)C(C)(C)C. The number of rotatable bonds is 3. The zero-order chi connectivity index (χ0) is 9.12. The molecule has 0 aliphatic heterocycles. The first-order valence-electron chi connectivity index (χ1n) is 3.74. The minimum atomic E-state index is -0.660. The predicted octanol–water partition coefficient (Wildman–Crippen LogP) is 0.980. The van der Waals surface area contributed by atoms with Gasteiger partial charge in [0.15, 0.2) is 5.79 Å². The molecule has 0 saturated carbocycles. The van der Waals surface area contributed by atoms with Crippen LogP contribution in [0.4, 0.5) is 0 Å². The van der Waals surface area contributed by atoms with Crippen LogP contribution in [0.15, 0.2) is 0 Å². The predicted molar refractivity (Wildman–Crippen MR) is 45.3 cm³/mol. The number of methoxy groups -OCH3 is 2. The van der Waals surface area contributed by atoms with Crippen molar-refractivity contribution >= 4 is 0 Å². The molecule has 2 N–H and O–H groups in total. The average Bonchev–Trinajstić information content (AvgIpc) is 1.90. The zero-order valence-electron chi connectivity index (χ0n) is 8.10. The average molecular weight is 161 g/mol. The van der Waals surface area contributed by atoms with E-state index in [1.54, 1.807) is 14.2 Å². The van der Waals surface area contributed by atoms with Crippen LogP contribution < -0.4 is 5.73 Å². The van der Waals surface area contributed by atoms with Crippen LogP contribution in [0.1, 0.15) is 20.8 Å². The smallest absolute Gasteiger partial charge is 0.184 e. The Hall–Kier alpha value is -0.120. The van der Waals surface area contributed by atoms with Gasteiger partial charge < -0.3 is 15.2 Å². The number of nitrogens with two attached hydrogens (primary N) is 1. The van der Waals surface area contributed by atoms with Crippen LogP contribution in [0.25, 0.3) is 0 Å². The second-order valence-electron chi connectivity index (χ2n) is 3.62. The van der Waals surface area contributed by atoms with Gasteiger partial charge in [0.2, 0.25) is 0 Å². The first kappa shape index (κ1) is 10.9. The molecule has 0 aromatic heterocycles. The number of ether oxygens (including phenoxy) is 2. The Morgan fingerprint density at radius 1 is 1.09 bits per heavy atom. The maximum atomic E-state index is 5.56. The number of hydrogen-bond donors (Lipinski definition) is 1. The van der Waals surface area contributed by atoms with E-state index in [0.717, 1.165) is 0 Å². The molecule has 0 atom stereocenters. The van der Waals surface area contributed by atoms with E-state index in [0.29, 0.717) is 6.54 Å². The minimum absolute atomic E-state index is 0.106. The first-order chi connectivity index (χ1) is 4.93. The third-order valence-corrected chi connectivity index (χ3v) is 2.07. The molecule has 3 heteroatoms. The largest absolute Gasteiger partial charge is 0.351 e. The molecule has 0 heterocycles. The van der Waals surface area contributed by atoms with E-state index in [2.05, 4.69) is 0 Å². The highest BCUT2D eigenvalue weighted by atomic mass is 16.7. The maximum Gasteiger partial charge on any atom is 0.184 e. The van der Waals surface area contributed by atoms with Crippen molar-refractivity contribution < 1.29 is 9.47 Å². The molecule has 11 heavy (non-hydrogen) atoms. The van der Waals surface area contributed by atoms with Gasteiger partial charge in [-0.3, -0.25) is 0 Å². The molecule has 0 spiro atoms. The van der Waals surface area contributed by atoms with Gasteiger partial charge >= 0.3 is 0 Å². The standard InChI is InChI=1S/C8H19NO2/c1-7(2,3)8(6-9,10-4)11-5/h6,9H2,1-5H3. The molecule has 0 amide bonds. The third-order valence-electron chi connectivity index (χ3n) is 2.07. The molecule has 0 aromatic carbocycles. The van der Waals surface area contributed by atoms with E-state index in [1.807, 2.05) is 20.8 Å². The Morgan fingerprint density at radius 3 is 1.45 bits per heavy atom. The monoisotopic (exact) mass is 161 g/mol. The summed E-state index contributed by atoms with van der Waals surface area (Å²) >= 11 is 0. The van der Waals surface area contributed by atoms with Crippen LogP contribution in [0, 0.1) is 5.41 Å². The lowest BCUT2D eigenvalue weighted by Gasteiger charge is -2.41. The molecule has 0 unspecified atom stereocenters. The normalized spacial score (nSPS) is 13.6. The lowest BCUT2D eigenvalue weighted by atomic mass is 9.85. The summed E-state index contributed by atoms with van der Waals surface area (Å²) in [6.45, 7) is 6.47. The van der Waals surface area contributed by atoms with E-state index in [4.69, 9.17) is 15.2 Å². The summed E-state index contributed by atoms with van der Waals surface area (Å²) in [6, 6.07) is 0. The summed E-state index contributed by atoms with van der Waals surface area (Å²) in [6.07, 6.45) is 0. The first-order valence-corrected chi connectivity index (χ1v) is 3.74. The Morgan fingerprint density at radius 2 is 1.45 bits per heavy atom. The van der Waals surface area contributed by atoms with E-state index < -0.39 is 5.79 Å². The zero-order valence-corrected chi connectivity index (χ0v) is 8.10. The van der Waals surface area contributed by atoms with Gasteiger partial charge in [0.25, 0.3) is 0 Å². The fraction of sp³-hybridized carbons (Fsp3) is 1.00. The molecule has 0 radical (unpaired) electrons. The highest BCUT2D eigenvalue weighted by Crippen LogP contribution is 2.32. The van der Waals surface area contributed by atoms with Gasteiger partial charge in [0.1, 0.15) is 0 Å². The van der Waals surface area contributed by atoms with Crippen LogP contribution in [0.5, 0.6) is 0 Å². The Balaban J connectivity index is 4.54. The molecule has 3 nitrogen and oxygen atoms in total. The van der Waals surface area contributed by atoms with Crippen LogP contribution in [-0.2, 0) is 9.47 Å². The highest BCUT2D eigenvalue weighted by Gasteiger charge is 2.41. The van der Waals surface area contributed by atoms with Gasteiger partial charge in [0.05, 0.1) is 0 Å². The van der Waals surface area contributed by atoms with E-state index in [9.17, 15) is 0 Å². The molecule has 0 bridgehead atoms. The second kappa shape index (κ2) is 3.52. The highest BCUT2D eigenvalue weighted by molar-refractivity contribution is 4.84. The minimum Gasteiger partial charge on any atom is -0.351 e. The van der Waals surface area contributed by atoms with Gasteiger partial charge in [-0.25, -0.2) is 0 Å². The van der Waals surface area contributed by atoms with Crippen molar-refractivity contribution in [3.63, 3.8) is 0 Å². The Kier molecular flexibility index (Phi) is 3.48. The van der Waals surface area contributed by atoms with Crippen molar-refractivity contribution in [2.75, 3.05) is 20.8 Å². The van der Waals surface area contributed by atoms with E-state index >= 15 is 0 Å². The van der Waals surface area contributed by atoms with E-state index in [-0.39, 0.29) is 5.41 Å². The quantitative estimate of drug-likeness (QED) is 0.627. The fourth-order valence-corrected chi connectivity index (χ4v) is 1.17. The van der Waals surface area contributed by atoms with Crippen LogP contribution >= 0.6 is 0 Å². The summed E-state index contributed by atoms with van der Waals surface area (Å²) in [5.74, 6) is -0.660. The molecule has 0 aliphatic rings. The van der Waals surface area contributed by atoms with Crippen molar-refractivity contribution in [2.45, 2.75) is 26.6 Å². The fourth-order valence-electron chi connectivity index (χ4n) is 1.17. The lowest BCUT2D eigenvalue weighted by Crippen LogP contribution is -2.52. The molecule has 68 valence electrons. The van der Waals surface area contributed by atoms with Crippen molar-refractivity contribution in [1.29, 1.82) is 0 Å². The van der Waals surface area contributed by atoms with Crippen LogP contribution in [0.2, 0.25) is 0 Å². The van der Waals surface area contributed by atoms with Gasteiger partial charge in [-0.05, 0) is 0 Å². The van der Waals surface area contributed by atoms with Gasteiger partial charge in [-0.2, -0.15) is 0 Å². The third kappa shape index (κ3) is 1.92. The number of hydrogen-bond acceptors (Lipinski definition) is 3. The Labute approximate surface area is 68.9 Å². The van der Waals surface area contributed by atoms with Gasteiger partial charge in [-0.1, -0.05) is 20.8 Å². The topological polar surface area (TPSA) is 44.5 Å².